The molecule has 1 fully saturated rings. The Labute approximate surface area is 185 Å². The second-order valence-corrected chi connectivity index (χ2v) is 8.02. The SMILES string of the molecule is O=C1OCCCOc2c(-c3cnc(CO)nc3)ccc3ncc(cc23)N[C@H]2CCN[C@H]1C2. The van der Waals surface area contributed by atoms with E-state index in [1.54, 1.807) is 12.4 Å². The molecule has 0 aliphatic carbocycles. The third kappa shape index (κ3) is 4.21. The molecule has 0 amide bonds. The lowest BCUT2D eigenvalue weighted by Gasteiger charge is -2.30. The highest BCUT2D eigenvalue weighted by molar-refractivity contribution is 5.94. The first kappa shape index (κ1) is 20.6. The molecule has 0 radical (unpaired) electrons. The van der Waals surface area contributed by atoms with Gasteiger partial charge in [-0.25, -0.2) is 9.97 Å². The van der Waals surface area contributed by atoms with E-state index in [0.717, 1.165) is 40.7 Å². The Kier molecular flexibility index (Phi) is 5.83. The number of piperidine rings is 1. The van der Waals surface area contributed by atoms with Gasteiger partial charge in [-0.2, -0.15) is 0 Å². The summed E-state index contributed by atoms with van der Waals surface area (Å²) in [6.07, 6.45) is 7.30. The van der Waals surface area contributed by atoms with Crippen LogP contribution >= 0.6 is 0 Å². The average molecular weight is 435 g/mol. The van der Waals surface area contributed by atoms with Crippen molar-refractivity contribution >= 4 is 22.6 Å². The fraction of sp³-hybridized carbons (Fsp3) is 0.391. The smallest absolute Gasteiger partial charge is 0.323 e. The molecule has 2 aliphatic rings. The Morgan fingerprint density at radius 2 is 1.94 bits per heavy atom. The number of aromatic nitrogens is 3. The van der Waals surface area contributed by atoms with Crippen molar-refractivity contribution in [1.82, 2.24) is 20.3 Å². The Hall–Kier alpha value is -3.30. The number of nitrogens with zero attached hydrogens (tertiary/aromatic N) is 3. The van der Waals surface area contributed by atoms with Crippen molar-refractivity contribution in [2.45, 2.75) is 38.0 Å². The predicted molar refractivity (Wildman–Crippen MR) is 118 cm³/mol. The molecule has 9 heteroatoms. The topological polar surface area (TPSA) is 118 Å². The second kappa shape index (κ2) is 9.05. The van der Waals surface area contributed by atoms with Crippen LogP contribution in [-0.2, 0) is 16.1 Å². The number of benzene rings is 1. The normalized spacial score (nSPS) is 21.3. The number of aliphatic hydroxyl groups excluding tert-OH is 1. The van der Waals surface area contributed by atoms with E-state index < -0.39 is 0 Å². The van der Waals surface area contributed by atoms with Gasteiger partial charge in [-0.05, 0) is 37.6 Å². The molecule has 0 unspecified atom stereocenters. The van der Waals surface area contributed by atoms with Gasteiger partial charge in [0.1, 0.15) is 18.4 Å². The van der Waals surface area contributed by atoms with Gasteiger partial charge >= 0.3 is 5.97 Å². The Morgan fingerprint density at radius 3 is 2.78 bits per heavy atom. The number of pyridine rings is 1. The van der Waals surface area contributed by atoms with E-state index in [0.29, 0.717) is 37.6 Å². The van der Waals surface area contributed by atoms with E-state index in [-0.39, 0.29) is 24.7 Å². The standard InChI is InChI=1S/C23H25N5O4/c29-13-21-26-10-14(11-27-21)17-2-3-19-18-8-16(12-25-19)28-15-4-5-24-20(9-15)23(30)32-7-1-6-31-22(17)18/h2-3,8,10-12,15,20,24,28-29H,1,4-7,9,13H2/t15-,20-/m0/s1. The zero-order valence-corrected chi connectivity index (χ0v) is 17.6. The van der Waals surface area contributed by atoms with Crippen molar-refractivity contribution in [2.75, 3.05) is 25.1 Å². The number of esters is 1. The van der Waals surface area contributed by atoms with Crippen LogP contribution in [-0.4, -0.2) is 57.9 Å². The molecule has 166 valence electrons. The van der Waals surface area contributed by atoms with Crippen LogP contribution in [0.1, 0.15) is 25.1 Å². The molecule has 3 aromatic rings. The summed E-state index contributed by atoms with van der Waals surface area (Å²) in [6.45, 7) is 1.22. The molecule has 2 atom stereocenters. The third-order valence-corrected chi connectivity index (χ3v) is 5.81. The molecule has 0 saturated carbocycles. The number of anilines is 1. The third-order valence-electron chi connectivity index (χ3n) is 5.81. The van der Waals surface area contributed by atoms with Crippen LogP contribution in [0.5, 0.6) is 5.75 Å². The summed E-state index contributed by atoms with van der Waals surface area (Å²) >= 11 is 0. The van der Waals surface area contributed by atoms with Gasteiger partial charge in [0.15, 0.2) is 5.82 Å². The number of carbonyl (C=O) groups excluding carboxylic acids is 1. The van der Waals surface area contributed by atoms with Crippen molar-refractivity contribution in [3.8, 4) is 16.9 Å². The summed E-state index contributed by atoms with van der Waals surface area (Å²) in [6, 6.07) is 5.78. The monoisotopic (exact) mass is 435 g/mol. The maximum atomic E-state index is 12.4. The van der Waals surface area contributed by atoms with Gasteiger partial charge in [-0.1, -0.05) is 0 Å². The fourth-order valence-corrected chi connectivity index (χ4v) is 4.18. The van der Waals surface area contributed by atoms with E-state index in [2.05, 4.69) is 25.6 Å². The van der Waals surface area contributed by atoms with E-state index >= 15 is 0 Å². The highest BCUT2D eigenvalue weighted by atomic mass is 16.5. The van der Waals surface area contributed by atoms with Crippen LogP contribution in [0.2, 0.25) is 0 Å². The van der Waals surface area contributed by atoms with Gasteiger partial charge in [-0.3, -0.25) is 9.78 Å². The Bertz CT molecular complexity index is 1120. The van der Waals surface area contributed by atoms with E-state index in [1.807, 2.05) is 24.4 Å². The molecule has 1 aromatic carbocycles. The first-order valence-corrected chi connectivity index (χ1v) is 10.9. The fourth-order valence-electron chi connectivity index (χ4n) is 4.18. The highest BCUT2D eigenvalue weighted by Crippen LogP contribution is 2.37. The highest BCUT2D eigenvalue weighted by Gasteiger charge is 2.28. The zero-order valence-electron chi connectivity index (χ0n) is 17.6. The molecule has 2 aromatic heterocycles. The van der Waals surface area contributed by atoms with Gasteiger partial charge in [-0.15, -0.1) is 0 Å². The summed E-state index contributed by atoms with van der Waals surface area (Å²) in [7, 11) is 0. The molecule has 4 bridgehead atoms. The van der Waals surface area contributed by atoms with Crippen LogP contribution in [0.25, 0.3) is 22.0 Å². The number of nitrogens with one attached hydrogen (secondary N) is 2. The van der Waals surface area contributed by atoms with Crippen molar-refractivity contribution in [3.63, 3.8) is 0 Å². The van der Waals surface area contributed by atoms with Crippen molar-refractivity contribution in [3.05, 3.63) is 42.6 Å². The molecular formula is C23H25N5O4. The molecule has 1 saturated heterocycles. The van der Waals surface area contributed by atoms with Gasteiger partial charge in [0, 0.05) is 41.4 Å². The maximum Gasteiger partial charge on any atom is 0.323 e. The number of cyclic esters (lactones) is 1. The molecule has 3 N–H and O–H groups in total. The van der Waals surface area contributed by atoms with Gasteiger partial charge in [0.2, 0.25) is 0 Å². The Balaban J connectivity index is 1.56. The molecular weight excluding hydrogens is 410 g/mol. The number of carbonyl (C=O) groups is 1. The number of ether oxygens (including phenoxy) is 2. The minimum absolute atomic E-state index is 0.142. The molecule has 9 nitrogen and oxygen atoms in total. The van der Waals surface area contributed by atoms with Gasteiger partial charge < -0.3 is 25.2 Å². The van der Waals surface area contributed by atoms with E-state index in [9.17, 15) is 9.90 Å². The zero-order chi connectivity index (χ0) is 21.9. The quantitative estimate of drug-likeness (QED) is 0.520. The average Bonchev–Trinajstić information content (AvgIpc) is 2.83. The molecule has 2 aliphatic heterocycles. The largest absolute Gasteiger partial charge is 0.492 e. The maximum absolute atomic E-state index is 12.4. The summed E-state index contributed by atoms with van der Waals surface area (Å²) in [5.74, 6) is 0.830. The number of hydrogen-bond donors (Lipinski definition) is 3. The van der Waals surface area contributed by atoms with Crippen molar-refractivity contribution < 1.29 is 19.4 Å². The summed E-state index contributed by atoms with van der Waals surface area (Å²) < 4.78 is 11.7. The minimum atomic E-state index is -0.303. The first-order chi connectivity index (χ1) is 15.7. The summed E-state index contributed by atoms with van der Waals surface area (Å²) in [5, 5.41) is 16.9. The van der Waals surface area contributed by atoms with E-state index in [1.165, 1.54) is 0 Å². The minimum Gasteiger partial charge on any atom is -0.492 e. The van der Waals surface area contributed by atoms with Crippen LogP contribution in [0.15, 0.2) is 36.8 Å². The number of hydrogen-bond acceptors (Lipinski definition) is 9. The van der Waals surface area contributed by atoms with Crippen molar-refractivity contribution in [1.29, 1.82) is 0 Å². The number of fused-ring (bicyclic) bond motifs is 3. The van der Waals surface area contributed by atoms with Gasteiger partial charge in [0.25, 0.3) is 0 Å². The van der Waals surface area contributed by atoms with E-state index in [4.69, 9.17) is 9.47 Å². The van der Waals surface area contributed by atoms with Crippen molar-refractivity contribution in [2.24, 2.45) is 0 Å². The lowest BCUT2D eigenvalue weighted by atomic mass is 9.99. The van der Waals surface area contributed by atoms with Crippen LogP contribution < -0.4 is 15.4 Å². The van der Waals surface area contributed by atoms with Gasteiger partial charge in [0.05, 0.1) is 30.6 Å². The van der Waals surface area contributed by atoms with Crippen LogP contribution in [0, 0.1) is 0 Å². The van der Waals surface area contributed by atoms with Crippen LogP contribution in [0.3, 0.4) is 0 Å². The molecule has 0 spiro atoms. The first-order valence-electron chi connectivity index (χ1n) is 10.9. The Morgan fingerprint density at radius 1 is 1.09 bits per heavy atom. The molecule has 4 heterocycles. The number of rotatable bonds is 2. The van der Waals surface area contributed by atoms with Crippen LogP contribution in [0.4, 0.5) is 5.69 Å². The summed E-state index contributed by atoms with van der Waals surface area (Å²) in [5.41, 5.74) is 3.32. The molecule has 5 rings (SSSR count). The lowest BCUT2D eigenvalue weighted by Crippen LogP contribution is -2.48. The lowest BCUT2D eigenvalue weighted by molar-refractivity contribution is -0.147. The second-order valence-electron chi connectivity index (χ2n) is 8.02. The number of aliphatic hydroxyl groups is 1. The summed E-state index contributed by atoms with van der Waals surface area (Å²) in [4.78, 5) is 25.5. The predicted octanol–water partition coefficient (Wildman–Crippen LogP) is 2.04. The molecule has 32 heavy (non-hydrogen) atoms.